The SMILES string of the molecule is Cc1ccc(S(=O)(=O)NCCc2ncn[nH]2)cc1C. The number of aromatic nitrogens is 3. The summed E-state index contributed by atoms with van der Waals surface area (Å²) in [6, 6.07) is 5.09. The number of hydrogen-bond acceptors (Lipinski definition) is 4. The van der Waals surface area contributed by atoms with E-state index >= 15 is 0 Å². The molecule has 0 fully saturated rings. The molecule has 0 bridgehead atoms. The second kappa shape index (κ2) is 5.50. The quantitative estimate of drug-likeness (QED) is 0.853. The lowest BCUT2D eigenvalue weighted by Crippen LogP contribution is -2.26. The van der Waals surface area contributed by atoms with E-state index in [0.717, 1.165) is 11.1 Å². The fourth-order valence-corrected chi connectivity index (χ4v) is 2.74. The van der Waals surface area contributed by atoms with Crippen molar-refractivity contribution in [2.24, 2.45) is 0 Å². The van der Waals surface area contributed by atoms with E-state index in [1.54, 1.807) is 18.2 Å². The van der Waals surface area contributed by atoms with Crippen LogP contribution in [0.5, 0.6) is 0 Å². The van der Waals surface area contributed by atoms with Crippen LogP contribution in [-0.4, -0.2) is 30.1 Å². The van der Waals surface area contributed by atoms with Crippen molar-refractivity contribution in [3.8, 4) is 0 Å². The highest BCUT2D eigenvalue weighted by Gasteiger charge is 2.14. The van der Waals surface area contributed by atoms with E-state index in [0.29, 0.717) is 12.2 Å². The van der Waals surface area contributed by atoms with E-state index in [1.807, 2.05) is 13.8 Å². The highest BCUT2D eigenvalue weighted by molar-refractivity contribution is 7.89. The Labute approximate surface area is 112 Å². The number of benzene rings is 1. The van der Waals surface area contributed by atoms with Crippen LogP contribution < -0.4 is 4.72 Å². The van der Waals surface area contributed by atoms with E-state index in [-0.39, 0.29) is 11.4 Å². The van der Waals surface area contributed by atoms with E-state index < -0.39 is 10.0 Å². The van der Waals surface area contributed by atoms with Crippen LogP contribution >= 0.6 is 0 Å². The van der Waals surface area contributed by atoms with Gasteiger partial charge in [0.1, 0.15) is 12.2 Å². The normalized spacial score (nSPS) is 11.7. The van der Waals surface area contributed by atoms with Crippen molar-refractivity contribution in [3.05, 3.63) is 41.5 Å². The number of nitrogens with zero attached hydrogens (tertiary/aromatic N) is 2. The first-order chi connectivity index (χ1) is 8.99. The third-order valence-electron chi connectivity index (χ3n) is 2.91. The number of H-pyrrole nitrogens is 1. The van der Waals surface area contributed by atoms with Crippen LogP contribution in [0.2, 0.25) is 0 Å². The highest BCUT2D eigenvalue weighted by atomic mass is 32.2. The molecule has 102 valence electrons. The van der Waals surface area contributed by atoms with Crippen molar-refractivity contribution in [2.45, 2.75) is 25.2 Å². The lowest BCUT2D eigenvalue weighted by atomic mass is 10.1. The summed E-state index contributed by atoms with van der Waals surface area (Å²) < 4.78 is 26.7. The summed E-state index contributed by atoms with van der Waals surface area (Å²) in [5.74, 6) is 0.655. The molecule has 2 N–H and O–H groups in total. The molecule has 0 radical (unpaired) electrons. The smallest absolute Gasteiger partial charge is 0.240 e. The lowest BCUT2D eigenvalue weighted by Gasteiger charge is -2.08. The lowest BCUT2D eigenvalue weighted by molar-refractivity contribution is 0.581. The van der Waals surface area contributed by atoms with Crippen LogP contribution in [-0.2, 0) is 16.4 Å². The summed E-state index contributed by atoms with van der Waals surface area (Å²) in [6.45, 7) is 4.12. The fourth-order valence-electron chi connectivity index (χ4n) is 1.62. The van der Waals surface area contributed by atoms with E-state index in [9.17, 15) is 8.42 Å². The van der Waals surface area contributed by atoms with Crippen LogP contribution in [0.3, 0.4) is 0 Å². The van der Waals surface area contributed by atoms with E-state index in [2.05, 4.69) is 19.9 Å². The molecule has 0 aliphatic heterocycles. The highest BCUT2D eigenvalue weighted by Crippen LogP contribution is 2.14. The molecule has 0 saturated carbocycles. The molecule has 0 aliphatic carbocycles. The second-order valence-electron chi connectivity index (χ2n) is 4.33. The molecule has 0 spiro atoms. The van der Waals surface area contributed by atoms with Crippen molar-refractivity contribution in [3.63, 3.8) is 0 Å². The molecular formula is C12H16N4O2S. The van der Waals surface area contributed by atoms with Gasteiger partial charge in [0.25, 0.3) is 0 Å². The Morgan fingerprint density at radius 3 is 2.68 bits per heavy atom. The molecule has 1 aromatic carbocycles. The van der Waals surface area contributed by atoms with Gasteiger partial charge in [0.05, 0.1) is 4.90 Å². The zero-order valence-corrected chi connectivity index (χ0v) is 11.7. The number of aromatic amines is 1. The molecule has 7 heteroatoms. The number of aryl methyl sites for hydroxylation is 2. The van der Waals surface area contributed by atoms with Crippen molar-refractivity contribution in [1.82, 2.24) is 19.9 Å². The Hall–Kier alpha value is -1.73. The first-order valence-electron chi connectivity index (χ1n) is 5.90. The number of nitrogens with one attached hydrogen (secondary N) is 2. The Balaban J connectivity index is 2.03. The van der Waals surface area contributed by atoms with Crippen LogP contribution in [0.4, 0.5) is 0 Å². The van der Waals surface area contributed by atoms with Gasteiger partial charge in [0, 0.05) is 13.0 Å². The molecule has 0 atom stereocenters. The summed E-state index contributed by atoms with van der Waals surface area (Å²) in [7, 11) is -3.46. The summed E-state index contributed by atoms with van der Waals surface area (Å²) in [5, 5.41) is 6.39. The van der Waals surface area contributed by atoms with Crippen molar-refractivity contribution in [1.29, 1.82) is 0 Å². The Kier molecular flexibility index (Phi) is 3.96. The van der Waals surface area contributed by atoms with E-state index in [4.69, 9.17) is 0 Å². The largest absolute Gasteiger partial charge is 0.263 e. The summed E-state index contributed by atoms with van der Waals surface area (Å²) in [6.07, 6.45) is 1.87. The van der Waals surface area contributed by atoms with Crippen molar-refractivity contribution in [2.75, 3.05) is 6.54 Å². The minimum Gasteiger partial charge on any atom is -0.263 e. The Morgan fingerprint density at radius 1 is 1.26 bits per heavy atom. The zero-order chi connectivity index (χ0) is 13.9. The molecule has 6 nitrogen and oxygen atoms in total. The van der Waals surface area contributed by atoms with Crippen LogP contribution in [0.15, 0.2) is 29.4 Å². The number of hydrogen-bond donors (Lipinski definition) is 2. The van der Waals surface area contributed by atoms with Crippen molar-refractivity contribution >= 4 is 10.0 Å². The number of rotatable bonds is 5. The molecular weight excluding hydrogens is 264 g/mol. The maximum atomic E-state index is 12.1. The average Bonchev–Trinajstić information content (AvgIpc) is 2.85. The van der Waals surface area contributed by atoms with Gasteiger partial charge in [-0.15, -0.1) is 0 Å². The van der Waals surface area contributed by atoms with Gasteiger partial charge in [-0.05, 0) is 37.1 Å². The second-order valence-corrected chi connectivity index (χ2v) is 6.09. The predicted octanol–water partition coefficient (Wildman–Crippen LogP) is 0.943. The van der Waals surface area contributed by atoms with Gasteiger partial charge >= 0.3 is 0 Å². The summed E-state index contributed by atoms with van der Waals surface area (Å²) >= 11 is 0. The molecule has 1 heterocycles. The standard InChI is InChI=1S/C12H16N4O2S/c1-9-3-4-11(7-10(9)2)19(17,18)15-6-5-12-13-8-14-16-12/h3-4,7-8,15H,5-6H2,1-2H3,(H,13,14,16). The molecule has 1 aromatic heterocycles. The number of sulfonamides is 1. The van der Waals surface area contributed by atoms with Gasteiger partial charge in [0.15, 0.2) is 0 Å². The molecule has 0 unspecified atom stereocenters. The maximum absolute atomic E-state index is 12.1. The Bertz CT molecular complexity index is 650. The minimum atomic E-state index is -3.46. The van der Waals surface area contributed by atoms with Gasteiger partial charge in [-0.2, -0.15) is 5.10 Å². The molecule has 2 aromatic rings. The fraction of sp³-hybridized carbons (Fsp3) is 0.333. The van der Waals surface area contributed by atoms with Gasteiger partial charge in [-0.1, -0.05) is 6.07 Å². The Morgan fingerprint density at radius 2 is 2.05 bits per heavy atom. The molecule has 19 heavy (non-hydrogen) atoms. The van der Waals surface area contributed by atoms with Gasteiger partial charge in [-0.25, -0.2) is 18.1 Å². The van der Waals surface area contributed by atoms with E-state index in [1.165, 1.54) is 6.33 Å². The summed E-state index contributed by atoms with van der Waals surface area (Å²) in [5.41, 5.74) is 2.03. The average molecular weight is 280 g/mol. The van der Waals surface area contributed by atoms with Gasteiger partial charge in [-0.3, -0.25) is 5.10 Å². The van der Waals surface area contributed by atoms with Crippen LogP contribution in [0, 0.1) is 13.8 Å². The molecule has 0 aliphatic rings. The molecule has 0 saturated heterocycles. The third-order valence-corrected chi connectivity index (χ3v) is 4.37. The maximum Gasteiger partial charge on any atom is 0.240 e. The monoisotopic (exact) mass is 280 g/mol. The van der Waals surface area contributed by atoms with Gasteiger partial charge in [0.2, 0.25) is 10.0 Å². The third kappa shape index (κ3) is 3.39. The van der Waals surface area contributed by atoms with Gasteiger partial charge < -0.3 is 0 Å². The topological polar surface area (TPSA) is 87.7 Å². The predicted molar refractivity (Wildman–Crippen MR) is 71.2 cm³/mol. The molecule has 0 amide bonds. The van der Waals surface area contributed by atoms with Crippen LogP contribution in [0.25, 0.3) is 0 Å². The first-order valence-corrected chi connectivity index (χ1v) is 7.38. The zero-order valence-electron chi connectivity index (χ0n) is 10.8. The minimum absolute atomic E-state index is 0.282. The van der Waals surface area contributed by atoms with Crippen LogP contribution in [0.1, 0.15) is 17.0 Å². The molecule has 2 rings (SSSR count). The first kappa shape index (κ1) is 13.7. The summed E-state index contributed by atoms with van der Waals surface area (Å²) in [4.78, 5) is 4.22. The van der Waals surface area contributed by atoms with Crippen molar-refractivity contribution < 1.29 is 8.42 Å².